The Morgan fingerprint density at radius 2 is 1.62 bits per heavy atom. The van der Waals surface area contributed by atoms with Crippen molar-refractivity contribution in [3.8, 4) is 0 Å². The van der Waals surface area contributed by atoms with Crippen molar-refractivity contribution in [2.75, 3.05) is 25.5 Å². The first-order valence-corrected chi connectivity index (χ1v) is 9.81. The average Bonchev–Trinajstić information content (AvgIpc) is 2.57. The largest absolute Gasteiger partial charge is 0.335 e. The number of para-hydroxylation sites is 1. The minimum atomic E-state index is -0.163. The third-order valence-electron chi connectivity index (χ3n) is 5.20. The van der Waals surface area contributed by atoms with E-state index in [9.17, 15) is 9.59 Å². The molecule has 0 saturated heterocycles. The van der Waals surface area contributed by atoms with E-state index in [1.807, 2.05) is 32.0 Å². The monoisotopic (exact) mass is 359 g/mol. The Hall–Kier alpha value is -1.88. The fraction of sp³-hybridized carbons (Fsp3) is 0.619. The van der Waals surface area contributed by atoms with Gasteiger partial charge in [-0.2, -0.15) is 0 Å². The van der Waals surface area contributed by atoms with Crippen LogP contribution in [-0.2, 0) is 9.59 Å². The van der Waals surface area contributed by atoms with Crippen LogP contribution in [0.5, 0.6) is 0 Å². The molecule has 0 spiro atoms. The van der Waals surface area contributed by atoms with Gasteiger partial charge in [-0.1, -0.05) is 50.3 Å². The summed E-state index contributed by atoms with van der Waals surface area (Å²) in [6.45, 7) is 4.31. The molecule has 1 fully saturated rings. The van der Waals surface area contributed by atoms with Crippen LogP contribution in [0.1, 0.15) is 56.1 Å². The van der Waals surface area contributed by atoms with Crippen LogP contribution in [-0.4, -0.2) is 42.9 Å². The van der Waals surface area contributed by atoms with E-state index >= 15 is 0 Å². The zero-order valence-corrected chi connectivity index (χ0v) is 16.4. The van der Waals surface area contributed by atoms with E-state index in [0.29, 0.717) is 12.6 Å². The molecule has 1 aromatic carbocycles. The maximum absolute atomic E-state index is 12.3. The molecule has 5 heteroatoms. The number of likely N-dealkylation sites (N-methyl/N-ethyl adjacent to an activating group) is 1. The molecule has 2 N–H and O–H groups in total. The Labute approximate surface area is 157 Å². The van der Waals surface area contributed by atoms with Gasteiger partial charge in [0.1, 0.15) is 0 Å². The predicted octanol–water partition coefficient (Wildman–Crippen LogP) is 3.40. The van der Waals surface area contributed by atoms with Crippen LogP contribution in [0.3, 0.4) is 0 Å². The summed E-state index contributed by atoms with van der Waals surface area (Å²) in [6.07, 6.45) is 8.69. The zero-order chi connectivity index (χ0) is 18.9. The molecular weight excluding hydrogens is 326 g/mol. The highest BCUT2D eigenvalue weighted by Crippen LogP contribution is 2.19. The number of carbonyl (C=O) groups excluding carboxylic acids is 2. The number of hydrogen-bond acceptors (Lipinski definition) is 3. The van der Waals surface area contributed by atoms with Crippen molar-refractivity contribution in [2.24, 2.45) is 0 Å². The van der Waals surface area contributed by atoms with Gasteiger partial charge in [0, 0.05) is 18.8 Å². The lowest BCUT2D eigenvalue weighted by Gasteiger charge is -2.23. The molecule has 1 aliphatic carbocycles. The van der Waals surface area contributed by atoms with Gasteiger partial charge in [0.2, 0.25) is 11.8 Å². The van der Waals surface area contributed by atoms with Crippen molar-refractivity contribution in [1.29, 1.82) is 0 Å². The van der Waals surface area contributed by atoms with Gasteiger partial charge in [-0.15, -0.1) is 0 Å². The number of aryl methyl sites for hydroxylation is 2. The SMILES string of the molecule is Cc1cccc(C)c1NC(=O)CN(C)C(=O)CNC1CCCCCCC1. The normalized spacial score (nSPS) is 15.8. The molecule has 0 heterocycles. The second kappa shape index (κ2) is 10.3. The number of anilines is 1. The summed E-state index contributed by atoms with van der Waals surface area (Å²) in [5.41, 5.74) is 2.89. The van der Waals surface area contributed by atoms with E-state index in [1.54, 1.807) is 7.05 Å². The van der Waals surface area contributed by atoms with E-state index in [0.717, 1.165) is 29.7 Å². The number of amides is 2. The summed E-state index contributed by atoms with van der Waals surface area (Å²) in [5.74, 6) is -0.201. The van der Waals surface area contributed by atoms with E-state index in [4.69, 9.17) is 0 Å². The number of carbonyl (C=O) groups is 2. The highest BCUT2D eigenvalue weighted by Gasteiger charge is 2.17. The summed E-state index contributed by atoms with van der Waals surface area (Å²) in [5, 5.41) is 6.32. The molecule has 0 aromatic heterocycles. The smallest absolute Gasteiger partial charge is 0.243 e. The van der Waals surface area contributed by atoms with Gasteiger partial charge < -0.3 is 15.5 Å². The molecule has 0 atom stereocenters. The molecule has 1 saturated carbocycles. The Bertz CT molecular complexity index is 587. The Morgan fingerprint density at radius 3 is 2.23 bits per heavy atom. The molecule has 26 heavy (non-hydrogen) atoms. The van der Waals surface area contributed by atoms with Crippen LogP contribution in [0.2, 0.25) is 0 Å². The molecule has 5 nitrogen and oxygen atoms in total. The van der Waals surface area contributed by atoms with Gasteiger partial charge in [0.05, 0.1) is 13.1 Å². The van der Waals surface area contributed by atoms with Crippen molar-refractivity contribution in [3.63, 3.8) is 0 Å². The number of nitrogens with zero attached hydrogens (tertiary/aromatic N) is 1. The first-order valence-electron chi connectivity index (χ1n) is 9.81. The molecule has 1 aliphatic rings. The molecule has 1 aromatic rings. The summed E-state index contributed by atoms with van der Waals surface area (Å²) in [6, 6.07) is 6.33. The highest BCUT2D eigenvalue weighted by molar-refractivity contribution is 5.95. The van der Waals surface area contributed by atoms with E-state index < -0.39 is 0 Å². The van der Waals surface area contributed by atoms with Crippen LogP contribution < -0.4 is 10.6 Å². The van der Waals surface area contributed by atoms with Crippen LogP contribution >= 0.6 is 0 Å². The first kappa shape index (κ1) is 20.4. The average molecular weight is 360 g/mol. The topological polar surface area (TPSA) is 61.4 Å². The van der Waals surface area contributed by atoms with Gasteiger partial charge in [-0.05, 0) is 37.8 Å². The van der Waals surface area contributed by atoms with Crippen LogP contribution in [0.4, 0.5) is 5.69 Å². The lowest BCUT2D eigenvalue weighted by atomic mass is 9.97. The molecule has 2 rings (SSSR count). The summed E-state index contributed by atoms with van der Waals surface area (Å²) in [7, 11) is 1.69. The van der Waals surface area contributed by atoms with Gasteiger partial charge in [-0.3, -0.25) is 9.59 Å². The first-order chi connectivity index (χ1) is 12.5. The molecule has 2 amide bonds. The quantitative estimate of drug-likeness (QED) is 0.818. The van der Waals surface area contributed by atoms with Crippen LogP contribution in [0.15, 0.2) is 18.2 Å². The predicted molar refractivity (Wildman–Crippen MR) is 106 cm³/mol. The lowest BCUT2D eigenvalue weighted by Crippen LogP contribution is -2.43. The van der Waals surface area contributed by atoms with Crippen molar-refractivity contribution in [3.05, 3.63) is 29.3 Å². The van der Waals surface area contributed by atoms with Crippen molar-refractivity contribution in [1.82, 2.24) is 10.2 Å². The minimum Gasteiger partial charge on any atom is -0.335 e. The number of benzene rings is 1. The number of rotatable bonds is 6. The third-order valence-corrected chi connectivity index (χ3v) is 5.20. The fourth-order valence-electron chi connectivity index (χ4n) is 3.52. The third kappa shape index (κ3) is 6.45. The lowest BCUT2D eigenvalue weighted by molar-refractivity contribution is -0.132. The second-order valence-electron chi connectivity index (χ2n) is 7.49. The summed E-state index contributed by atoms with van der Waals surface area (Å²) >= 11 is 0. The molecular formula is C21H33N3O2. The van der Waals surface area contributed by atoms with Crippen molar-refractivity contribution in [2.45, 2.75) is 64.8 Å². The van der Waals surface area contributed by atoms with Crippen molar-refractivity contribution >= 4 is 17.5 Å². The van der Waals surface area contributed by atoms with Gasteiger partial charge in [0.15, 0.2) is 0 Å². The summed E-state index contributed by atoms with van der Waals surface area (Å²) < 4.78 is 0. The zero-order valence-electron chi connectivity index (χ0n) is 16.4. The van der Waals surface area contributed by atoms with Gasteiger partial charge in [0.25, 0.3) is 0 Å². The molecule has 144 valence electrons. The Morgan fingerprint density at radius 1 is 1.04 bits per heavy atom. The minimum absolute atomic E-state index is 0.0382. The van der Waals surface area contributed by atoms with E-state index in [1.165, 1.54) is 37.0 Å². The van der Waals surface area contributed by atoms with Crippen LogP contribution in [0, 0.1) is 13.8 Å². The summed E-state index contributed by atoms with van der Waals surface area (Å²) in [4.78, 5) is 26.1. The van der Waals surface area contributed by atoms with Crippen LogP contribution in [0.25, 0.3) is 0 Å². The van der Waals surface area contributed by atoms with Crippen molar-refractivity contribution < 1.29 is 9.59 Å². The molecule has 0 unspecified atom stereocenters. The maximum atomic E-state index is 12.3. The second-order valence-corrected chi connectivity index (χ2v) is 7.49. The number of nitrogens with one attached hydrogen (secondary N) is 2. The Balaban J connectivity index is 1.77. The highest BCUT2D eigenvalue weighted by atomic mass is 16.2. The van der Waals surface area contributed by atoms with Gasteiger partial charge in [-0.25, -0.2) is 0 Å². The Kier molecular flexibility index (Phi) is 8.10. The maximum Gasteiger partial charge on any atom is 0.243 e. The molecule has 0 aliphatic heterocycles. The van der Waals surface area contributed by atoms with E-state index in [-0.39, 0.29) is 18.4 Å². The standard InChI is InChI=1S/C21H33N3O2/c1-16-10-9-11-17(2)21(16)23-19(25)15-24(3)20(26)14-22-18-12-7-5-4-6-8-13-18/h9-11,18,22H,4-8,12-15H2,1-3H3,(H,23,25). The molecule has 0 bridgehead atoms. The molecule has 0 radical (unpaired) electrons. The number of hydrogen-bond donors (Lipinski definition) is 2. The fourth-order valence-corrected chi connectivity index (χ4v) is 3.52. The van der Waals surface area contributed by atoms with E-state index in [2.05, 4.69) is 10.6 Å². The van der Waals surface area contributed by atoms with Gasteiger partial charge >= 0.3 is 0 Å².